The molecule has 8 heteroatoms. The van der Waals surface area contributed by atoms with Crippen molar-refractivity contribution < 1.29 is 13.3 Å². The number of rotatable bonds is 6. The second kappa shape index (κ2) is 6.84. The van der Waals surface area contributed by atoms with Crippen molar-refractivity contribution in [2.75, 3.05) is 11.4 Å². The molecule has 1 aliphatic rings. The van der Waals surface area contributed by atoms with E-state index in [2.05, 4.69) is 13.8 Å². The van der Waals surface area contributed by atoms with Crippen molar-refractivity contribution in [1.29, 1.82) is 0 Å². The summed E-state index contributed by atoms with van der Waals surface area (Å²) < 4.78 is 22.9. The molecule has 1 aromatic carbocycles. The summed E-state index contributed by atoms with van der Waals surface area (Å²) in [7, 11) is -3.96. The van der Waals surface area contributed by atoms with Crippen LogP contribution in [0.15, 0.2) is 23.1 Å². The fraction of sp³-hybridized carbons (Fsp3) is 0.600. The van der Waals surface area contributed by atoms with E-state index >= 15 is 0 Å². The minimum Gasteiger partial charge on any atom is -0.363 e. The molecule has 1 aliphatic heterocycles. The molecular weight excluding hydrogens is 318 g/mol. The Morgan fingerprint density at radius 2 is 2.17 bits per heavy atom. The van der Waals surface area contributed by atoms with E-state index in [1.165, 1.54) is 12.1 Å². The molecule has 23 heavy (non-hydrogen) atoms. The first-order valence-electron chi connectivity index (χ1n) is 7.83. The number of nitro groups is 1. The topological polar surface area (TPSA) is 107 Å². The molecular formula is C15H23N3O4S. The van der Waals surface area contributed by atoms with Crippen molar-refractivity contribution >= 4 is 21.4 Å². The van der Waals surface area contributed by atoms with Crippen molar-refractivity contribution in [3.8, 4) is 0 Å². The van der Waals surface area contributed by atoms with Gasteiger partial charge in [0.2, 0.25) is 10.0 Å². The Bertz CT molecular complexity index is 690. The highest BCUT2D eigenvalue weighted by Gasteiger charge is 2.33. The number of hydrogen-bond donors (Lipinski definition) is 1. The molecule has 1 aromatic rings. The summed E-state index contributed by atoms with van der Waals surface area (Å²) in [6.07, 6.45) is 4.10. The first kappa shape index (κ1) is 17.7. The first-order chi connectivity index (χ1) is 10.8. The lowest BCUT2D eigenvalue weighted by Crippen LogP contribution is -2.35. The van der Waals surface area contributed by atoms with Gasteiger partial charge >= 0.3 is 0 Å². The largest absolute Gasteiger partial charge is 0.363 e. The van der Waals surface area contributed by atoms with Crippen LogP contribution in [0.5, 0.6) is 0 Å². The Balaban J connectivity index is 2.44. The predicted molar refractivity (Wildman–Crippen MR) is 88.9 cm³/mol. The van der Waals surface area contributed by atoms with E-state index in [0.717, 1.165) is 38.3 Å². The van der Waals surface area contributed by atoms with Crippen LogP contribution in [0.1, 0.15) is 39.5 Å². The molecule has 0 amide bonds. The van der Waals surface area contributed by atoms with E-state index < -0.39 is 14.9 Å². The van der Waals surface area contributed by atoms with Crippen LogP contribution in [0.4, 0.5) is 11.4 Å². The molecule has 0 saturated carbocycles. The van der Waals surface area contributed by atoms with E-state index in [9.17, 15) is 18.5 Å². The summed E-state index contributed by atoms with van der Waals surface area (Å²) in [6.45, 7) is 5.03. The molecule has 1 saturated heterocycles. The lowest BCUT2D eigenvalue weighted by Gasteiger charge is -2.31. The molecule has 0 radical (unpaired) electrons. The molecule has 2 atom stereocenters. The van der Waals surface area contributed by atoms with E-state index in [1.807, 2.05) is 4.90 Å². The third-order valence-corrected chi connectivity index (χ3v) is 5.39. The fourth-order valence-electron chi connectivity index (χ4n) is 3.40. The fourth-order valence-corrected chi connectivity index (χ4v) is 3.93. The smallest absolute Gasteiger partial charge is 0.293 e. The van der Waals surface area contributed by atoms with E-state index in [-0.39, 0.29) is 16.6 Å². The zero-order valence-electron chi connectivity index (χ0n) is 13.4. The molecule has 0 bridgehead atoms. The first-order valence-corrected chi connectivity index (χ1v) is 9.38. The van der Waals surface area contributed by atoms with Crippen molar-refractivity contribution in [2.45, 2.75) is 50.5 Å². The maximum absolute atomic E-state index is 11.4. The number of nitro benzene ring substituents is 1. The van der Waals surface area contributed by atoms with Gasteiger partial charge in [-0.05, 0) is 37.3 Å². The average molecular weight is 341 g/mol. The summed E-state index contributed by atoms with van der Waals surface area (Å²) in [5.41, 5.74) is 0.278. The minimum absolute atomic E-state index is 0.202. The molecule has 1 fully saturated rings. The third kappa shape index (κ3) is 3.81. The van der Waals surface area contributed by atoms with Crippen molar-refractivity contribution in [1.82, 2.24) is 0 Å². The van der Waals surface area contributed by atoms with Crippen LogP contribution in [0, 0.1) is 16.0 Å². The van der Waals surface area contributed by atoms with Gasteiger partial charge < -0.3 is 4.90 Å². The Labute approximate surface area is 136 Å². The molecule has 2 N–H and O–H groups in total. The van der Waals surface area contributed by atoms with Crippen LogP contribution in [0.25, 0.3) is 0 Å². The van der Waals surface area contributed by atoms with Crippen molar-refractivity contribution in [3.63, 3.8) is 0 Å². The predicted octanol–water partition coefficient (Wildman–Crippen LogP) is 2.65. The van der Waals surface area contributed by atoms with Crippen molar-refractivity contribution in [2.24, 2.45) is 11.1 Å². The molecule has 128 valence electrons. The molecule has 2 unspecified atom stereocenters. The van der Waals surface area contributed by atoms with Crippen molar-refractivity contribution in [3.05, 3.63) is 28.3 Å². The van der Waals surface area contributed by atoms with Gasteiger partial charge in [0, 0.05) is 18.7 Å². The van der Waals surface area contributed by atoms with Gasteiger partial charge in [-0.2, -0.15) is 0 Å². The van der Waals surface area contributed by atoms with Crippen LogP contribution >= 0.6 is 0 Å². The van der Waals surface area contributed by atoms with Gasteiger partial charge in [-0.1, -0.05) is 20.3 Å². The van der Waals surface area contributed by atoms with Gasteiger partial charge in [0.15, 0.2) is 0 Å². The highest BCUT2D eigenvalue weighted by Crippen LogP contribution is 2.37. The highest BCUT2D eigenvalue weighted by molar-refractivity contribution is 7.89. The molecule has 1 heterocycles. The Hall–Kier alpha value is -1.67. The zero-order valence-corrected chi connectivity index (χ0v) is 14.3. The summed E-state index contributed by atoms with van der Waals surface area (Å²) in [5, 5.41) is 16.5. The standard InChI is InChI=1S/C15H23N3O4S/c1-3-5-11(2)13-6-4-9-17(13)14-8-7-12(23(16,21)22)10-15(14)18(19)20/h7-8,10-11,13H,3-6,9H2,1-2H3,(H2,16,21,22). The van der Waals surface area contributed by atoms with Gasteiger partial charge in [0.1, 0.15) is 5.69 Å². The summed E-state index contributed by atoms with van der Waals surface area (Å²) in [6, 6.07) is 4.16. The molecule has 2 rings (SSSR count). The minimum atomic E-state index is -3.96. The third-order valence-electron chi connectivity index (χ3n) is 4.48. The Kier molecular flexibility index (Phi) is 5.26. The molecule has 0 spiro atoms. The number of hydrogen-bond acceptors (Lipinski definition) is 5. The normalized spacial score (nSPS) is 19.8. The second-order valence-electron chi connectivity index (χ2n) is 6.12. The van der Waals surface area contributed by atoms with Crippen LogP contribution in [-0.2, 0) is 10.0 Å². The van der Waals surface area contributed by atoms with E-state index in [0.29, 0.717) is 11.6 Å². The number of benzene rings is 1. The average Bonchev–Trinajstić information content (AvgIpc) is 2.95. The maximum Gasteiger partial charge on any atom is 0.293 e. The Morgan fingerprint density at radius 1 is 1.48 bits per heavy atom. The molecule has 0 aliphatic carbocycles. The SMILES string of the molecule is CCCC(C)C1CCCN1c1ccc(S(N)(=O)=O)cc1[N+](=O)[O-]. The maximum atomic E-state index is 11.4. The quantitative estimate of drug-likeness (QED) is 0.632. The van der Waals surface area contributed by atoms with Gasteiger partial charge in [-0.3, -0.25) is 10.1 Å². The van der Waals surface area contributed by atoms with Gasteiger partial charge in [-0.15, -0.1) is 0 Å². The Morgan fingerprint density at radius 3 is 2.74 bits per heavy atom. The van der Waals surface area contributed by atoms with E-state index in [4.69, 9.17) is 5.14 Å². The number of anilines is 1. The molecule has 0 aromatic heterocycles. The van der Waals surface area contributed by atoms with Gasteiger partial charge in [-0.25, -0.2) is 13.6 Å². The molecule has 7 nitrogen and oxygen atoms in total. The van der Waals surface area contributed by atoms with Crippen LogP contribution < -0.4 is 10.0 Å². The second-order valence-corrected chi connectivity index (χ2v) is 7.68. The zero-order chi connectivity index (χ0) is 17.2. The van der Waals surface area contributed by atoms with Crippen LogP contribution in [-0.4, -0.2) is 25.9 Å². The summed E-state index contributed by atoms with van der Waals surface area (Å²) in [4.78, 5) is 12.7. The van der Waals surface area contributed by atoms with E-state index in [1.54, 1.807) is 0 Å². The van der Waals surface area contributed by atoms with Crippen LogP contribution in [0.2, 0.25) is 0 Å². The number of primary sulfonamides is 1. The lowest BCUT2D eigenvalue weighted by atomic mass is 9.94. The van der Waals surface area contributed by atoms with Crippen LogP contribution in [0.3, 0.4) is 0 Å². The highest BCUT2D eigenvalue weighted by atomic mass is 32.2. The van der Waals surface area contributed by atoms with Gasteiger partial charge in [0.25, 0.3) is 5.69 Å². The lowest BCUT2D eigenvalue weighted by molar-refractivity contribution is -0.384. The monoisotopic (exact) mass is 341 g/mol. The summed E-state index contributed by atoms with van der Waals surface area (Å²) in [5.74, 6) is 0.431. The number of nitrogens with two attached hydrogens (primary N) is 1. The number of nitrogens with zero attached hydrogens (tertiary/aromatic N) is 2. The number of sulfonamides is 1. The van der Waals surface area contributed by atoms with Gasteiger partial charge in [0.05, 0.1) is 9.82 Å². The summed E-state index contributed by atoms with van der Waals surface area (Å²) >= 11 is 0.